The maximum absolute atomic E-state index is 12.5. The van der Waals surface area contributed by atoms with Gasteiger partial charge in [-0.25, -0.2) is 4.79 Å². The van der Waals surface area contributed by atoms with Gasteiger partial charge in [0.25, 0.3) is 0 Å². The van der Waals surface area contributed by atoms with Crippen molar-refractivity contribution in [2.24, 2.45) is 0 Å². The molecule has 1 N–H and O–H groups in total. The van der Waals surface area contributed by atoms with Gasteiger partial charge in [-0.05, 0) is 66.6 Å². The molecule has 4 heterocycles. The number of likely N-dealkylation sites (N-methyl/N-ethyl adjacent to an activating group) is 1. The number of anilines is 1. The maximum Gasteiger partial charge on any atom is 0.410 e. The number of hydrogen-bond donors (Lipinski definition) is 1. The molecule has 0 spiro atoms. The van der Waals surface area contributed by atoms with Gasteiger partial charge in [-0.3, -0.25) is 0 Å². The number of nitrogens with one attached hydrogen (secondary N) is 1. The number of piperazine rings is 1. The molecular weight excluding hydrogens is 408 g/mol. The number of nitrogens with zero attached hydrogens (tertiary/aromatic N) is 5. The SMILES string of the molecule is CN1CCC[C@H]1COc1nc2c(c(N3CCN(C(=O)OC(C)(C)C)CC3)n1)CCCNC2. The van der Waals surface area contributed by atoms with Crippen LogP contribution in [0.4, 0.5) is 10.6 Å². The van der Waals surface area contributed by atoms with Crippen LogP contribution in [-0.4, -0.2) is 90.4 Å². The van der Waals surface area contributed by atoms with Crippen molar-refractivity contribution < 1.29 is 14.3 Å². The Hall–Kier alpha value is -2.13. The Bertz CT molecular complexity index is 804. The van der Waals surface area contributed by atoms with E-state index >= 15 is 0 Å². The first-order valence-corrected chi connectivity index (χ1v) is 12.0. The zero-order valence-corrected chi connectivity index (χ0v) is 20.0. The fourth-order valence-corrected chi connectivity index (χ4v) is 4.61. The number of fused-ring (bicyclic) bond motifs is 1. The van der Waals surface area contributed by atoms with Gasteiger partial charge < -0.3 is 29.5 Å². The number of rotatable bonds is 4. The van der Waals surface area contributed by atoms with Crippen molar-refractivity contribution in [3.63, 3.8) is 0 Å². The summed E-state index contributed by atoms with van der Waals surface area (Å²) in [6.45, 7) is 11.8. The number of carbonyl (C=O) groups excluding carboxylic acids is 1. The summed E-state index contributed by atoms with van der Waals surface area (Å²) in [5.41, 5.74) is 1.77. The minimum absolute atomic E-state index is 0.243. The standard InChI is InChI=1S/C23H38N6O3/c1-23(2,3)32-22(30)29-13-11-28(12-14-29)20-18-8-5-9-24-15-19(18)25-21(26-20)31-16-17-7-6-10-27(17)4/h17,24H,5-16H2,1-4H3/t17-/m0/s1. The molecule has 0 bridgehead atoms. The third kappa shape index (κ3) is 5.61. The number of ether oxygens (including phenoxy) is 2. The van der Waals surface area contributed by atoms with Gasteiger partial charge in [0.1, 0.15) is 18.0 Å². The summed E-state index contributed by atoms with van der Waals surface area (Å²) >= 11 is 0. The van der Waals surface area contributed by atoms with Crippen molar-refractivity contribution in [2.75, 3.05) is 57.8 Å². The van der Waals surface area contributed by atoms with E-state index in [2.05, 4.69) is 22.2 Å². The normalized spacial score (nSPS) is 22.4. The first kappa shape index (κ1) is 23.0. The van der Waals surface area contributed by atoms with E-state index in [0.29, 0.717) is 31.7 Å². The van der Waals surface area contributed by atoms with Crippen LogP contribution in [-0.2, 0) is 17.7 Å². The molecule has 1 atom stereocenters. The van der Waals surface area contributed by atoms with E-state index in [0.717, 1.165) is 63.5 Å². The molecule has 1 amide bonds. The summed E-state index contributed by atoms with van der Waals surface area (Å²) < 4.78 is 11.7. The van der Waals surface area contributed by atoms with Gasteiger partial charge in [-0.2, -0.15) is 9.97 Å². The van der Waals surface area contributed by atoms with E-state index in [1.165, 1.54) is 12.0 Å². The van der Waals surface area contributed by atoms with Gasteiger partial charge in [-0.1, -0.05) is 0 Å². The van der Waals surface area contributed by atoms with Gasteiger partial charge in [0.05, 0.1) is 5.69 Å². The molecule has 3 aliphatic rings. The molecule has 2 fully saturated rings. The van der Waals surface area contributed by atoms with Gasteiger partial charge >= 0.3 is 12.1 Å². The smallest absolute Gasteiger partial charge is 0.410 e. The molecule has 2 saturated heterocycles. The number of carbonyl (C=O) groups is 1. The first-order chi connectivity index (χ1) is 15.3. The highest BCUT2D eigenvalue weighted by Gasteiger charge is 2.29. The zero-order valence-electron chi connectivity index (χ0n) is 20.0. The van der Waals surface area contributed by atoms with Gasteiger partial charge in [0.15, 0.2) is 0 Å². The zero-order chi connectivity index (χ0) is 22.7. The Labute approximate surface area is 191 Å². The van der Waals surface area contributed by atoms with Crippen LogP contribution in [0.2, 0.25) is 0 Å². The second kappa shape index (κ2) is 9.79. The van der Waals surface area contributed by atoms with E-state index in [1.807, 2.05) is 20.8 Å². The maximum atomic E-state index is 12.5. The van der Waals surface area contributed by atoms with E-state index in [4.69, 9.17) is 19.4 Å². The number of aromatic nitrogens is 2. The molecule has 9 nitrogen and oxygen atoms in total. The van der Waals surface area contributed by atoms with Crippen molar-refractivity contribution in [2.45, 2.75) is 64.6 Å². The highest BCUT2D eigenvalue weighted by atomic mass is 16.6. The van der Waals surface area contributed by atoms with Crippen molar-refractivity contribution in [1.29, 1.82) is 0 Å². The lowest BCUT2D eigenvalue weighted by atomic mass is 10.1. The summed E-state index contributed by atoms with van der Waals surface area (Å²) in [5, 5.41) is 3.47. The molecule has 0 aromatic carbocycles. The molecule has 1 aromatic heterocycles. The van der Waals surface area contributed by atoms with Crippen LogP contribution in [0.5, 0.6) is 6.01 Å². The second-order valence-corrected chi connectivity index (χ2v) is 10.1. The van der Waals surface area contributed by atoms with Crippen LogP contribution in [0.15, 0.2) is 0 Å². The first-order valence-electron chi connectivity index (χ1n) is 12.0. The number of hydrogen-bond acceptors (Lipinski definition) is 8. The second-order valence-electron chi connectivity index (χ2n) is 10.1. The van der Waals surface area contributed by atoms with Crippen LogP contribution >= 0.6 is 0 Å². The van der Waals surface area contributed by atoms with E-state index in [9.17, 15) is 4.79 Å². The van der Waals surface area contributed by atoms with Gasteiger partial charge in [-0.15, -0.1) is 0 Å². The largest absolute Gasteiger partial charge is 0.462 e. The molecule has 4 rings (SSSR count). The van der Waals surface area contributed by atoms with Crippen LogP contribution in [0.1, 0.15) is 51.3 Å². The van der Waals surface area contributed by atoms with Crippen LogP contribution in [0.25, 0.3) is 0 Å². The lowest BCUT2D eigenvalue weighted by Gasteiger charge is -2.37. The molecule has 0 aliphatic carbocycles. The Morgan fingerprint density at radius 1 is 1.12 bits per heavy atom. The van der Waals surface area contributed by atoms with Crippen molar-refractivity contribution in [3.05, 3.63) is 11.3 Å². The van der Waals surface area contributed by atoms with Crippen LogP contribution in [0, 0.1) is 0 Å². The Morgan fingerprint density at radius 3 is 2.59 bits per heavy atom. The average molecular weight is 447 g/mol. The molecule has 178 valence electrons. The summed E-state index contributed by atoms with van der Waals surface area (Å²) in [6, 6.07) is 0.897. The Balaban J connectivity index is 1.47. The third-order valence-corrected chi connectivity index (χ3v) is 6.43. The van der Waals surface area contributed by atoms with E-state index in [1.54, 1.807) is 4.90 Å². The van der Waals surface area contributed by atoms with Crippen LogP contribution in [0.3, 0.4) is 0 Å². The van der Waals surface area contributed by atoms with Crippen LogP contribution < -0.4 is 15.0 Å². The van der Waals surface area contributed by atoms with Crippen molar-refractivity contribution >= 4 is 11.9 Å². The van der Waals surface area contributed by atoms with Gasteiger partial charge in [0, 0.05) is 44.3 Å². The molecule has 32 heavy (non-hydrogen) atoms. The highest BCUT2D eigenvalue weighted by molar-refractivity contribution is 5.68. The predicted octanol–water partition coefficient (Wildman–Crippen LogP) is 2.04. The summed E-state index contributed by atoms with van der Waals surface area (Å²) in [4.78, 5) is 28.5. The number of likely N-dealkylation sites (tertiary alicyclic amines) is 1. The lowest BCUT2D eigenvalue weighted by Crippen LogP contribution is -2.50. The number of amides is 1. The molecule has 9 heteroatoms. The molecule has 0 saturated carbocycles. The average Bonchev–Trinajstić information content (AvgIpc) is 3.01. The summed E-state index contributed by atoms with van der Waals surface area (Å²) in [6.07, 6.45) is 4.14. The third-order valence-electron chi connectivity index (χ3n) is 6.43. The van der Waals surface area contributed by atoms with Crippen molar-refractivity contribution in [3.8, 4) is 6.01 Å². The molecular formula is C23H38N6O3. The van der Waals surface area contributed by atoms with Gasteiger partial charge in [0.2, 0.25) is 0 Å². The minimum atomic E-state index is -0.481. The molecule has 0 unspecified atom stereocenters. The molecule has 0 radical (unpaired) electrons. The summed E-state index contributed by atoms with van der Waals surface area (Å²) in [5.74, 6) is 0.970. The topological polar surface area (TPSA) is 83.1 Å². The minimum Gasteiger partial charge on any atom is -0.462 e. The van der Waals surface area contributed by atoms with E-state index < -0.39 is 5.60 Å². The molecule has 3 aliphatic heterocycles. The monoisotopic (exact) mass is 446 g/mol. The molecule has 1 aromatic rings. The fraction of sp³-hybridized carbons (Fsp3) is 0.783. The predicted molar refractivity (Wildman–Crippen MR) is 123 cm³/mol. The Morgan fingerprint density at radius 2 is 1.91 bits per heavy atom. The fourth-order valence-electron chi connectivity index (χ4n) is 4.61. The lowest BCUT2D eigenvalue weighted by molar-refractivity contribution is 0.0240. The van der Waals surface area contributed by atoms with Crippen molar-refractivity contribution in [1.82, 2.24) is 25.1 Å². The van der Waals surface area contributed by atoms with E-state index in [-0.39, 0.29) is 6.09 Å². The highest BCUT2D eigenvalue weighted by Crippen LogP contribution is 2.28. The quantitative estimate of drug-likeness (QED) is 0.752. The summed E-state index contributed by atoms with van der Waals surface area (Å²) in [7, 11) is 2.15. The Kier molecular flexibility index (Phi) is 7.05.